The number of aromatic nitrogens is 3. The van der Waals surface area contributed by atoms with Crippen LogP contribution < -0.4 is 5.73 Å². The molecule has 0 bridgehead atoms. The van der Waals surface area contributed by atoms with E-state index in [2.05, 4.69) is 10.1 Å². The molecule has 80 valence electrons. The fourth-order valence-corrected chi connectivity index (χ4v) is 1.59. The number of nitrogens with two attached hydrogens (primary N) is 1. The van der Waals surface area contributed by atoms with Gasteiger partial charge in [-0.25, -0.2) is 9.50 Å². The van der Waals surface area contributed by atoms with Gasteiger partial charge in [0.1, 0.15) is 0 Å². The molecule has 0 aromatic carbocycles. The molecule has 0 aliphatic carbocycles. The van der Waals surface area contributed by atoms with E-state index in [1.807, 2.05) is 6.07 Å². The average molecular weight is 206 g/mol. The molecule has 0 unspecified atom stereocenters. The number of aliphatic hydroxyl groups excluding tert-OH is 1. The Morgan fingerprint density at radius 1 is 1.47 bits per heavy atom. The summed E-state index contributed by atoms with van der Waals surface area (Å²) in [6.07, 6.45) is 5.05. The van der Waals surface area contributed by atoms with Crippen molar-refractivity contribution in [2.75, 3.05) is 6.61 Å². The fraction of sp³-hybridized carbons (Fsp3) is 0.400. The van der Waals surface area contributed by atoms with E-state index in [9.17, 15) is 0 Å². The molecule has 2 heterocycles. The van der Waals surface area contributed by atoms with Crippen LogP contribution in [-0.4, -0.2) is 26.3 Å². The number of hydrogen-bond donors (Lipinski definition) is 2. The first-order valence-corrected chi connectivity index (χ1v) is 4.98. The van der Waals surface area contributed by atoms with E-state index in [-0.39, 0.29) is 6.61 Å². The first-order valence-electron chi connectivity index (χ1n) is 4.98. The van der Waals surface area contributed by atoms with Crippen molar-refractivity contribution in [2.24, 2.45) is 5.73 Å². The number of aliphatic hydroxyl groups is 1. The minimum absolute atomic E-state index is 0.188. The molecular formula is C10H14N4O. The summed E-state index contributed by atoms with van der Waals surface area (Å²) < 4.78 is 1.76. The second kappa shape index (κ2) is 4.37. The summed E-state index contributed by atoms with van der Waals surface area (Å²) in [5.74, 6) is 0. The molecule has 0 saturated heterocycles. The molecule has 0 aliphatic rings. The van der Waals surface area contributed by atoms with Crippen LogP contribution >= 0.6 is 0 Å². The lowest BCUT2D eigenvalue weighted by Gasteiger charge is -2.01. The monoisotopic (exact) mass is 206 g/mol. The highest BCUT2D eigenvalue weighted by molar-refractivity contribution is 5.46. The summed E-state index contributed by atoms with van der Waals surface area (Å²) in [5, 5.41) is 13.0. The Balaban J connectivity index is 2.42. The summed E-state index contributed by atoms with van der Waals surface area (Å²) >= 11 is 0. The van der Waals surface area contributed by atoms with Gasteiger partial charge in [0, 0.05) is 24.9 Å². The van der Waals surface area contributed by atoms with Gasteiger partial charge in [0.05, 0.1) is 11.9 Å². The Kier molecular flexibility index (Phi) is 2.94. The fourth-order valence-electron chi connectivity index (χ4n) is 1.59. The maximum Gasteiger partial charge on any atom is 0.158 e. The number of aryl methyl sites for hydroxylation is 1. The zero-order valence-electron chi connectivity index (χ0n) is 8.43. The van der Waals surface area contributed by atoms with Crippen LogP contribution in [0.3, 0.4) is 0 Å². The van der Waals surface area contributed by atoms with Crippen molar-refractivity contribution in [3.8, 4) is 0 Å². The topological polar surface area (TPSA) is 76.4 Å². The smallest absolute Gasteiger partial charge is 0.158 e. The van der Waals surface area contributed by atoms with Crippen LogP contribution in [0.1, 0.15) is 17.7 Å². The highest BCUT2D eigenvalue weighted by Crippen LogP contribution is 2.11. The van der Waals surface area contributed by atoms with Crippen LogP contribution in [0.2, 0.25) is 0 Å². The SMILES string of the molecule is NCc1ccnc2c(CCCO)cnn12. The van der Waals surface area contributed by atoms with Crippen molar-refractivity contribution in [3.63, 3.8) is 0 Å². The molecule has 15 heavy (non-hydrogen) atoms. The van der Waals surface area contributed by atoms with E-state index in [0.29, 0.717) is 6.54 Å². The highest BCUT2D eigenvalue weighted by atomic mass is 16.2. The van der Waals surface area contributed by atoms with Gasteiger partial charge in [-0.1, -0.05) is 0 Å². The Morgan fingerprint density at radius 3 is 3.07 bits per heavy atom. The molecular weight excluding hydrogens is 192 g/mol. The van der Waals surface area contributed by atoms with Crippen molar-refractivity contribution in [1.82, 2.24) is 14.6 Å². The van der Waals surface area contributed by atoms with Gasteiger partial charge in [-0.2, -0.15) is 5.10 Å². The molecule has 0 aliphatic heterocycles. The first kappa shape index (κ1) is 10.1. The number of rotatable bonds is 4. The predicted molar refractivity (Wildman–Crippen MR) is 56.3 cm³/mol. The third kappa shape index (κ3) is 1.84. The zero-order valence-corrected chi connectivity index (χ0v) is 8.43. The van der Waals surface area contributed by atoms with E-state index in [1.54, 1.807) is 16.9 Å². The van der Waals surface area contributed by atoms with Crippen LogP contribution in [0.15, 0.2) is 18.5 Å². The zero-order chi connectivity index (χ0) is 10.7. The van der Waals surface area contributed by atoms with Gasteiger partial charge >= 0.3 is 0 Å². The molecule has 5 nitrogen and oxygen atoms in total. The summed E-state index contributed by atoms with van der Waals surface area (Å²) in [4.78, 5) is 4.27. The quantitative estimate of drug-likeness (QED) is 0.744. The summed E-state index contributed by atoms with van der Waals surface area (Å²) in [6.45, 7) is 0.633. The molecule has 5 heteroatoms. The largest absolute Gasteiger partial charge is 0.396 e. The van der Waals surface area contributed by atoms with Crippen LogP contribution in [0.25, 0.3) is 5.65 Å². The molecule has 0 atom stereocenters. The highest BCUT2D eigenvalue weighted by Gasteiger charge is 2.06. The lowest BCUT2D eigenvalue weighted by Crippen LogP contribution is -2.05. The molecule has 0 fully saturated rings. The number of hydrogen-bond acceptors (Lipinski definition) is 4. The summed E-state index contributed by atoms with van der Waals surface area (Å²) in [7, 11) is 0. The molecule has 0 radical (unpaired) electrons. The van der Waals surface area contributed by atoms with Crippen LogP contribution in [0.5, 0.6) is 0 Å². The Morgan fingerprint density at radius 2 is 2.33 bits per heavy atom. The molecule has 2 rings (SSSR count). The Hall–Kier alpha value is -1.46. The molecule has 0 spiro atoms. The van der Waals surface area contributed by atoms with Crippen molar-refractivity contribution in [2.45, 2.75) is 19.4 Å². The molecule has 0 amide bonds. The van der Waals surface area contributed by atoms with Crippen molar-refractivity contribution < 1.29 is 5.11 Å². The molecule has 0 saturated carbocycles. The van der Waals surface area contributed by atoms with Crippen LogP contribution in [0, 0.1) is 0 Å². The minimum Gasteiger partial charge on any atom is -0.396 e. The molecule has 2 aromatic rings. The van der Waals surface area contributed by atoms with Gasteiger partial charge in [0.2, 0.25) is 0 Å². The van der Waals surface area contributed by atoms with Crippen molar-refractivity contribution in [3.05, 3.63) is 29.7 Å². The van der Waals surface area contributed by atoms with Gasteiger partial charge in [-0.15, -0.1) is 0 Å². The van der Waals surface area contributed by atoms with Crippen LogP contribution in [-0.2, 0) is 13.0 Å². The number of fused-ring (bicyclic) bond motifs is 1. The first-order chi connectivity index (χ1) is 7.36. The third-order valence-electron chi connectivity index (χ3n) is 2.37. The van der Waals surface area contributed by atoms with Crippen molar-refractivity contribution in [1.29, 1.82) is 0 Å². The maximum atomic E-state index is 8.77. The van der Waals surface area contributed by atoms with E-state index in [4.69, 9.17) is 10.8 Å². The predicted octanol–water partition coefficient (Wildman–Crippen LogP) is 0.113. The minimum atomic E-state index is 0.188. The molecule has 3 N–H and O–H groups in total. The van der Waals surface area contributed by atoms with Gasteiger partial charge < -0.3 is 10.8 Å². The standard InChI is InChI=1S/C10H14N4O/c11-6-9-3-4-12-10-8(2-1-5-15)7-13-14(9)10/h3-4,7,15H,1-2,5-6,11H2. The van der Waals surface area contributed by atoms with Crippen molar-refractivity contribution >= 4 is 5.65 Å². The second-order valence-electron chi connectivity index (χ2n) is 3.37. The summed E-state index contributed by atoms with van der Waals surface area (Å²) in [5.41, 5.74) is 8.43. The van der Waals surface area contributed by atoms with Gasteiger partial charge in [-0.05, 0) is 18.9 Å². The summed E-state index contributed by atoms with van der Waals surface area (Å²) in [6, 6.07) is 1.86. The Bertz CT molecular complexity index is 452. The van der Waals surface area contributed by atoms with Gasteiger partial charge in [-0.3, -0.25) is 0 Å². The third-order valence-corrected chi connectivity index (χ3v) is 2.37. The maximum absolute atomic E-state index is 8.77. The van der Waals surface area contributed by atoms with E-state index >= 15 is 0 Å². The van der Waals surface area contributed by atoms with Crippen LogP contribution in [0.4, 0.5) is 0 Å². The lowest BCUT2D eigenvalue weighted by atomic mass is 10.2. The normalized spacial score (nSPS) is 11.1. The molecule has 2 aromatic heterocycles. The van der Waals surface area contributed by atoms with E-state index in [1.165, 1.54) is 0 Å². The van der Waals surface area contributed by atoms with E-state index in [0.717, 1.165) is 29.7 Å². The lowest BCUT2D eigenvalue weighted by molar-refractivity contribution is 0.288. The average Bonchev–Trinajstić information content (AvgIpc) is 2.69. The van der Waals surface area contributed by atoms with Gasteiger partial charge in [0.25, 0.3) is 0 Å². The number of nitrogens with zero attached hydrogens (tertiary/aromatic N) is 3. The second-order valence-corrected chi connectivity index (χ2v) is 3.37. The Labute approximate surface area is 87.6 Å². The van der Waals surface area contributed by atoms with Gasteiger partial charge in [0.15, 0.2) is 5.65 Å². The van der Waals surface area contributed by atoms with E-state index < -0.39 is 0 Å².